The Balaban J connectivity index is 1.82. The quantitative estimate of drug-likeness (QED) is 0.582. The maximum absolute atomic E-state index is 13.3. The molecule has 1 N–H and O–H groups in total. The minimum absolute atomic E-state index is 0.0672. The number of likely N-dealkylation sites (N-methyl/N-ethyl adjacent to an activating group) is 1. The summed E-state index contributed by atoms with van der Waals surface area (Å²) < 4.78 is 70.0. The molecule has 3 rings (SSSR count). The molecule has 0 aliphatic carbocycles. The van der Waals surface area contributed by atoms with Gasteiger partial charge in [-0.1, -0.05) is 12.1 Å². The van der Waals surface area contributed by atoms with Crippen molar-refractivity contribution in [3.05, 3.63) is 59.9 Å². The number of nitrogens with one attached hydrogen (secondary N) is 1. The molecule has 176 valence electrons. The van der Waals surface area contributed by atoms with E-state index in [1.54, 1.807) is 24.3 Å². The van der Waals surface area contributed by atoms with E-state index in [1.807, 2.05) is 25.9 Å². The highest BCUT2D eigenvalue weighted by molar-refractivity contribution is 7.96. The largest absolute Gasteiger partial charge is 0.494 e. The minimum Gasteiger partial charge on any atom is -0.494 e. The molecule has 0 amide bonds. The lowest BCUT2D eigenvalue weighted by atomic mass is 10.1. The molecule has 0 bridgehead atoms. The van der Waals surface area contributed by atoms with Crippen molar-refractivity contribution in [2.24, 2.45) is 0 Å². The normalized spacial score (nSPS) is 21.5. The Labute approximate surface area is 189 Å². The molecule has 1 fully saturated rings. The molecule has 1 aliphatic rings. The van der Waals surface area contributed by atoms with Gasteiger partial charge in [0.05, 0.1) is 28.3 Å². The van der Waals surface area contributed by atoms with E-state index in [-0.39, 0.29) is 22.5 Å². The van der Waals surface area contributed by atoms with E-state index in [0.717, 1.165) is 5.56 Å². The van der Waals surface area contributed by atoms with Crippen LogP contribution in [0.15, 0.2) is 53.4 Å². The molecule has 7 nitrogen and oxygen atoms in total. The molecule has 10 heteroatoms. The first kappa shape index (κ1) is 24.6. The van der Waals surface area contributed by atoms with Crippen LogP contribution in [0, 0.1) is 5.82 Å². The van der Waals surface area contributed by atoms with Crippen molar-refractivity contribution in [2.45, 2.75) is 29.2 Å². The standard InChI is InChI=1S/C22H29FN2O5S2/c1-4-30-18-9-11-19(12-10-18)32(28,29)22-15-31(26,27)14-20(22)24-13-21(25(2)3)16-5-7-17(23)8-6-16/h5-12,20-22,24H,4,13-15H2,1-3H3/t20-,21?,22-/m0/s1. The zero-order valence-corrected chi connectivity index (χ0v) is 20.0. The summed E-state index contributed by atoms with van der Waals surface area (Å²) in [6.07, 6.45) is 0. The minimum atomic E-state index is -3.89. The van der Waals surface area contributed by atoms with E-state index < -0.39 is 36.7 Å². The Hall–Kier alpha value is -2.01. The molecule has 0 spiro atoms. The van der Waals surface area contributed by atoms with Gasteiger partial charge in [0.2, 0.25) is 0 Å². The maximum Gasteiger partial charge on any atom is 0.183 e. The third-order valence-corrected chi connectivity index (χ3v) is 9.78. The van der Waals surface area contributed by atoms with E-state index >= 15 is 0 Å². The zero-order chi connectivity index (χ0) is 23.5. The van der Waals surface area contributed by atoms with E-state index in [4.69, 9.17) is 4.74 Å². The van der Waals surface area contributed by atoms with Crippen LogP contribution in [0.2, 0.25) is 0 Å². The fourth-order valence-corrected chi connectivity index (χ4v) is 8.64. The SMILES string of the molecule is CCOc1ccc(S(=O)(=O)[C@H]2CS(=O)(=O)C[C@@H]2NCC(c2ccc(F)cc2)N(C)C)cc1. The summed E-state index contributed by atoms with van der Waals surface area (Å²) in [5.41, 5.74) is 0.843. The summed E-state index contributed by atoms with van der Waals surface area (Å²) >= 11 is 0. The Kier molecular flexibility index (Phi) is 7.59. The number of benzene rings is 2. The maximum atomic E-state index is 13.3. The van der Waals surface area contributed by atoms with Crippen LogP contribution < -0.4 is 10.1 Å². The van der Waals surface area contributed by atoms with E-state index in [9.17, 15) is 21.2 Å². The van der Waals surface area contributed by atoms with Gasteiger partial charge < -0.3 is 15.0 Å². The van der Waals surface area contributed by atoms with Gasteiger partial charge in [0.1, 0.15) is 11.6 Å². The molecule has 2 aromatic carbocycles. The van der Waals surface area contributed by atoms with Gasteiger partial charge in [0, 0.05) is 18.6 Å². The van der Waals surface area contributed by atoms with Gasteiger partial charge in [-0.15, -0.1) is 0 Å². The van der Waals surface area contributed by atoms with E-state index in [1.165, 1.54) is 24.3 Å². The van der Waals surface area contributed by atoms with Gasteiger partial charge in [-0.25, -0.2) is 21.2 Å². The highest BCUT2D eigenvalue weighted by atomic mass is 32.2. The number of nitrogens with zero attached hydrogens (tertiary/aromatic N) is 1. The molecule has 1 aliphatic heterocycles. The highest BCUT2D eigenvalue weighted by Crippen LogP contribution is 2.28. The van der Waals surface area contributed by atoms with Crippen molar-refractivity contribution in [1.82, 2.24) is 10.2 Å². The monoisotopic (exact) mass is 484 g/mol. The number of sulfone groups is 2. The fourth-order valence-electron chi connectivity index (χ4n) is 3.93. The smallest absolute Gasteiger partial charge is 0.183 e. The average molecular weight is 485 g/mol. The Morgan fingerprint density at radius 2 is 1.72 bits per heavy atom. The van der Waals surface area contributed by atoms with Crippen LogP contribution >= 0.6 is 0 Å². The first-order valence-electron chi connectivity index (χ1n) is 10.4. The van der Waals surface area contributed by atoms with Crippen LogP contribution in [0.25, 0.3) is 0 Å². The molecule has 3 atom stereocenters. The zero-order valence-electron chi connectivity index (χ0n) is 18.4. The number of rotatable bonds is 9. The lowest BCUT2D eigenvalue weighted by molar-refractivity contribution is 0.281. The number of halogens is 1. The Bertz CT molecular complexity index is 1120. The highest BCUT2D eigenvalue weighted by Gasteiger charge is 2.45. The molecule has 0 radical (unpaired) electrons. The van der Waals surface area contributed by atoms with Crippen molar-refractivity contribution < 1.29 is 26.0 Å². The van der Waals surface area contributed by atoms with Crippen molar-refractivity contribution in [3.63, 3.8) is 0 Å². The molecule has 0 aromatic heterocycles. The summed E-state index contributed by atoms with van der Waals surface area (Å²) in [7, 11) is -3.70. The van der Waals surface area contributed by atoms with Crippen LogP contribution in [-0.2, 0) is 19.7 Å². The summed E-state index contributed by atoms with van der Waals surface area (Å²) in [6, 6.07) is 11.2. The van der Waals surface area contributed by atoms with Gasteiger partial charge in [0.15, 0.2) is 19.7 Å². The molecule has 32 heavy (non-hydrogen) atoms. The Morgan fingerprint density at radius 1 is 1.09 bits per heavy atom. The second-order valence-corrected chi connectivity index (χ2v) is 12.4. The van der Waals surface area contributed by atoms with Crippen molar-refractivity contribution in [1.29, 1.82) is 0 Å². The number of hydrogen-bond acceptors (Lipinski definition) is 7. The molecular formula is C22H29FN2O5S2. The van der Waals surface area contributed by atoms with Crippen LogP contribution in [0.1, 0.15) is 18.5 Å². The summed E-state index contributed by atoms with van der Waals surface area (Å²) in [4.78, 5) is 1.98. The fraction of sp³-hybridized carbons (Fsp3) is 0.455. The second-order valence-electron chi connectivity index (χ2n) is 8.11. The average Bonchev–Trinajstić information content (AvgIpc) is 3.05. The predicted octanol–water partition coefficient (Wildman–Crippen LogP) is 2.06. The lowest BCUT2D eigenvalue weighted by Gasteiger charge is -2.28. The van der Waals surface area contributed by atoms with E-state index in [2.05, 4.69) is 5.32 Å². The second kappa shape index (κ2) is 9.86. The molecular weight excluding hydrogens is 455 g/mol. The van der Waals surface area contributed by atoms with E-state index in [0.29, 0.717) is 18.9 Å². The van der Waals surface area contributed by atoms with Crippen molar-refractivity contribution in [2.75, 3.05) is 38.8 Å². The van der Waals surface area contributed by atoms with Gasteiger partial charge >= 0.3 is 0 Å². The molecule has 0 saturated carbocycles. The van der Waals surface area contributed by atoms with Gasteiger partial charge in [0.25, 0.3) is 0 Å². The first-order chi connectivity index (χ1) is 15.0. The van der Waals surface area contributed by atoms with Gasteiger partial charge in [-0.2, -0.15) is 0 Å². The molecule has 1 heterocycles. The van der Waals surface area contributed by atoms with Gasteiger partial charge in [-0.05, 0) is 63.0 Å². The van der Waals surface area contributed by atoms with Gasteiger partial charge in [-0.3, -0.25) is 0 Å². The van der Waals surface area contributed by atoms with Crippen LogP contribution in [-0.4, -0.2) is 71.8 Å². The predicted molar refractivity (Wildman–Crippen MR) is 122 cm³/mol. The lowest BCUT2D eigenvalue weighted by Crippen LogP contribution is -2.46. The summed E-state index contributed by atoms with van der Waals surface area (Å²) in [5, 5.41) is 2.08. The topological polar surface area (TPSA) is 92.8 Å². The number of ether oxygens (including phenoxy) is 1. The summed E-state index contributed by atoms with van der Waals surface area (Å²) in [6.45, 7) is 2.60. The molecule has 1 saturated heterocycles. The van der Waals surface area contributed by atoms with Crippen LogP contribution in [0.4, 0.5) is 4.39 Å². The summed E-state index contributed by atoms with van der Waals surface area (Å²) in [5.74, 6) is -0.475. The third kappa shape index (κ3) is 5.67. The van der Waals surface area contributed by atoms with Crippen molar-refractivity contribution >= 4 is 19.7 Å². The molecule has 1 unspecified atom stereocenters. The van der Waals surface area contributed by atoms with Crippen LogP contribution in [0.3, 0.4) is 0 Å². The number of hydrogen-bond donors (Lipinski definition) is 1. The third-order valence-electron chi connectivity index (χ3n) is 5.61. The van der Waals surface area contributed by atoms with Crippen LogP contribution in [0.5, 0.6) is 5.75 Å². The molecule has 2 aromatic rings. The first-order valence-corrected chi connectivity index (χ1v) is 13.7. The Morgan fingerprint density at radius 3 is 2.28 bits per heavy atom. The van der Waals surface area contributed by atoms with Crippen molar-refractivity contribution in [3.8, 4) is 5.75 Å².